The summed E-state index contributed by atoms with van der Waals surface area (Å²) < 4.78 is 93.1. The van der Waals surface area contributed by atoms with Crippen LogP contribution in [0.1, 0.15) is 0 Å². The van der Waals surface area contributed by atoms with Crippen molar-refractivity contribution in [2.24, 2.45) is 0 Å². The Morgan fingerprint density at radius 2 is 0.857 bits per heavy atom. The van der Waals surface area contributed by atoms with Gasteiger partial charge in [0.25, 0.3) is 0 Å². The molecule has 0 saturated carbocycles. The minimum absolute atomic E-state index is 0.927. The van der Waals surface area contributed by atoms with E-state index in [1.807, 2.05) is 0 Å². The van der Waals surface area contributed by atoms with E-state index < -0.39 is 36.8 Å². The van der Waals surface area contributed by atoms with Gasteiger partial charge in [-0.1, -0.05) is 0 Å². The summed E-state index contributed by atoms with van der Waals surface area (Å²) >= 11 is 0. The molecule has 0 aliphatic carbocycles. The highest BCUT2D eigenvalue weighted by atomic mass is 19.3. The fraction of sp³-hybridized carbons (Fsp3) is 0.667. The Kier molecular flexibility index (Phi) is 3.90. The van der Waals surface area contributed by atoms with Crippen LogP contribution >= 0.6 is 0 Å². The Morgan fingerprint density at radius 1 is 0.643 bits per heavy atom. The fourth-order valence-electron chi connectivity index (χ4n) is 0.368. The highest BCUT2D eigenvalue weighted by molar-refractivity contribution is 5.04. The number of allylic oxidation sites excluding steroid dienone is 2. The first-order valence-corrected chi connectivity index (χ1v) is 3.12. The molecule has 0 N–H and O–H groups in total. The number of hydrogen-bond acceptors (Lipinski definition) is 0. The smallest absolute Gasteiger partial charge is 0.203 e. The molecule has 0 saturated heterocycles. The highest BCUT2D eigenvalue weighted by Gasteiger charge is 2.42. The van der Waals surface area contributed by atoms with Gasteiger partial charge >= 0.3 is 24.7 Å². The molecule has 84 valence electrons. The summed E-state index contributed by atoms with van der Waals surface area (Å²) in [4.78, 5) is 0. The average molecular weight is 228 g/mol. The minimum Gasteiger partial charge on any atom is -0.203 e. The second-order valence-electron chi connectivity index (χ2n) is 2.28. The molecule has 0 aliphatic heterocycles. The maximum atomic E-state index is 11.9. The van der Waals surface area contributed by atoms with Crippen molar-refractivity contribution in [3.8, 4) is 0 Å². The molecule has 0 fully saturated rings. The molecule has 0 bridgehead atoms. The van der Waals surface area contributed by atoms with Gasteiger partial charge in [-0.15, -0.1) is 0 Å². The lowest BCUT2D eigenvalue weighted by atomic mass is 10.2. The van der Waals surface area contributed by atoms with Gasteiger partial charge in [-0.2, -0.15) is 17.6 Å². The van der Waals surface area contributed by atoms with E-state index in [2.05, 4.69) is 0 Å². The van der Waals surface area contributed by atoms with Crippen LogP contribution in [0.25, 0.3) is 0 Å². The molecule has 0 atom stereocenters. The lowest BCUT2D eigenvalue weighted by Crippen LogP contribution is -2.28. The van der Waals surface area contributed by atoms with Crippen LogP contribution in [0.4, 0.5) is 35.1 Å². The van der Waals surface area contributed by atoms with Crippen molar-refractivity contribution >= 4 is 0 Å². The van der Waals surface area contributed by atoms with Crippen molar-refractivity contribution in [3.05, 3.63) is 12.2 Å². The van der Waals surface area contributed by atoms with E-state index in [0.29, 0.717) is 0 Å². The van der Waals surface area contributed by atoms with Crippen molar-refractivity contribution in [1.29, 1.82) is 0 Å². The lowest BCUT2D eigenvalue weighted by Gasteiger charge is -2.13. The Balaban J connectivity index is 4.59. The molecule has 0 nitrogen and oxygen atoms in total. The van der Waals surface area contributed by atoms with E-state index in [0.717, 1.165) is 0 Å². The summed E-state index contributed by atoms with van der Waals surface area (Å²) in [6, 6.07) is 0. The van der Waals surface area contributed by atoms with Gasteiger partial charge in [0.15, 0.2) is 0 Å². The Bertz CT molecular complexity index is 184. The summed E-state index contributed by atoms with van der Waals surface area (Å²) in [5.41, 5.74) is 0. The molecule has 14 heavy (non-hydrogen) atoms. The summed E-state index contributed by atoms with van der Waals surface area (Å²) in [7, 11) is 0. The van der Waals surface area contributed by atoms with E-state index >= 15 is 0 Å². The van der Waals surface area contributed by atoms with Crippen LogP contribution in [0.5, 0.6) is 0 Å². The zero-order valence-electron chi connectivity index (χ0n) is 6.33. The molecule has 0 spiro atoms. The summed E-state index contributed by atoms with van der Waals surface area (Å²) in [5, 5.41) is 0. The number of rotatable bonds is 4. The SMILES string of the molecule is FC(F)C(F)(F)C=CC(F)(F)C(F)F. The molecule has 0 amide bonds. The maximum absolute atomic E-state index is 11.9. The van der Waals surface area contributed by atoms with Crippen LogP contribution in [0.2, 0.25) is 0 Å². The topological polar surface area (TPSA) is 0 Å². The van der Waals surface area contributed by atoms with Crippen molar-refractivity contribution < 1.29 is 35.1 Å². The third-order valence-corrected chi connectivity index (χ3v) is 1.11. The molecule has 0 unspecified atom stereocenters. The molecular formula is C6H4F8. The summed E-state index contributed by atoms with van der Waals surface area (Å²) in [6.07, 6.45) is -10.3. The predicted octanol–water partition coefficient (Wildman–Crippen LogP) is 3.34. The van der Waals surface area contributed by atoms with E-state index in [4.69, 9.17) is 0 Å². The zero-order valence-corrected chi connectivity index (χ0v) is 6.33. The van der Waals surface area contributed by atoms with Crippen LogP contribution < -0.4 is 0 Å². The molecule has 0 aromatic heterocycles. The minimum atomic E-state index is -4.84. The molecule has 0 heterocycles. The largest absolute Gasteiger partial charge is 0.326 e. The van der Waals surface area contributed by atoms with Crippen molar-refractivity contribution in [2.75, 3.05) is 0 Å². The van der Waals surface area contributed by atoms with Gasteiger partial charge in [-0.25, -0.2) is 17.6 Å². The van der Waals surface area contributed by atoms with Crippen LogP contribution in [0.3, 0.4) is 0 Å². The van der Waals surface area contributed by atoms with Crippen molar-refractivity contribution in [2.45, 2.75) is 24.7 Å². The molecule has 0 radical (unpaired) electrons. The maximum Gasteiger partial charge on any atom is 0.326 e. The predicted molar refractivity (Wildman–Crippen MR) is 31.0 cm³/mol. The average Bonchev–Trinajstić information content (AvgIpc) is 2.01. The third kappa shape index (κ3) is 3.51. The van der Waals surface area contributed by atoms with Crippen LogP contribution in [0.15, 0.2) is 12.2 Å². The summed E-state index contributed by atoms with van der Waals surface area (Å²) in [6.45, 7) is 0. The number of halogens is 8. The monoisotopic (exact) mass is 228 g/mol. The fourth-order valence-corrected chi connectivity index (χ4v) is 0.368. The first kappa shape index (κ1) is 13.2. The van der Waals surface area contributed by atoms with Gasteiger partial charge in [0, 0.05) is 0 Å². The summed E-state index contributed by atoms with van der Waals surface area (Å²) in [5.74, 6) is -9.67. The Labute approximate surface area is 73.2 Å². The van der Waals surface area contributed by atoms with Gasteiger partial charge in [0.05, 0.1) is 0 Å². The van der Waals surface area contributed by atoms with Gasteiger partial charge in [0.1, 0.15) is 0 Å². The van der Waals surface area contributed by atoms with Gasteiger partial charge in [-0.3, -0.25) is 0 Å². The normalized spacial score (nSPS) is 14.7. The van der Waals surface area contributed by atoms with Crippen LogP contribution in [-0.4, -0.2) is 24.7 Å². The van der Waals surface area contributed by atoms with E-state index in [1.54, 1.807) is 0 Å². The van der Waals surface area contributed by atoms with E-state index in [-0.39, 0.29) is 0 Å². The standard InChI is InChI=1S/C6H4F8/c7-3(8)5(11,12)1-2-6(13,14)4(9)10/h1-4H. The Morgan fingerprint density at radius 3 is 1.00 bits per heavy atom. The number of alkyl halides is 8. The van der Waals surface area contributed by atoms with E-state index in [1.165, 1.54) is 0 Å². The Hall–Kier alpha value is -0.820. The van der Waals surface area contributed by atoms with Gasteiger partial charge in [-0.05, 0) is 12.2 Å². The number of hydrogen-bond donors (Lipinski definition) is 0. The van der Waals surface area contributed by atoms with Crippen LogP contribution in [-0.2, 0) is 0 Å². The lowest BCUT2D eigenvalue weighted by molar-refractivity contribution is -0.104. The zero-order chi connectivity index (χ0) is 11.6. The van der Waals surface area contributed by atoms with Gasteiger partial charge < -0.3 is 0 Å². The molecule has 0 rings (SSSR count). The first-order valence-electron chi connectivity index (χ1n) is 3.12. The molecule has 0 aliphatic rings. The second kappa shape index (κ2) is 4.14. The quantitative estimate of drug-likeness (QED) is 0.511. The first-order chi connectivity index (χ1) is 6.09. The molecule has 0 aromatic carbocycles. The van der Waals surface area contributed by atoms with Crippen molar-refractivity contribution in [1.82, 2.24) is 0 Å². The van der Waals surface area contributed by atoms with Gasteiger partial charge in [0.2, 0.25) is 0 Å². The van der Waals surface area contributed by atoms with Crippen LogP contribution in [0, 0.1) is 0 Å². The second-order valence-corrected chi connectivity index (χ2v) is 2.28. The third-order valence-electron chi connectivity index (χ3n) is 1.11. The molecule has 8 heteroatoms. The highest BCUT2D eigenvalue weighted by Crippen LogP contribution is 2.29. The van der Waals surface area contributed by atoms with E-state index in [9.17, 15) is 35.1 Å². The molecule has 0 aromatic rings. The molecular weight excluding hydrogens is 224 g/mol. The van der Waals surface area contributed by atoms with Crippen molar-refractivity contribution in [3.63, 3.8) is 0 Å².